The summed E-state index contributed by atoms with van der Waals surface area (Å²) in [6.07, 6.45) is 0.793. The van der Waals surface area contributed by atoms with Gasteiger partial charge in [-0.25, -0.2) is 14.3 Å². The molecule has 0 radical (unpaired) electrons. The molecule has 0 saturated carbocycles. The van der Waals surface area contributed by atoms with Crippen molar-refractivity contribution in [1.29, 1.82) is 5.26 Å². The first kappa shape index (κ1) is 23.1. The first-order chi connectivity index (χ1) is 14.5. The summed E-state index contributed by atoms with van der Waals surface area (Å²) in [6, 6.07) is 4.08. The number of hydrogen-bond acceptors (Lipinski definition) is 6. The Morgan fingerprint density at radius 1 is 1.35 bits per heavy atom. The number of nitriles is 1. The summed E-state index contributed by atoms with van der Waals surface area (Å²) >= 11 is 0. The van der Waals surface area contributed by atoms with Crippen molar-refractivity contribution in [3.8, 4) is 6.07 Å². The number of H-pyrrole nitrogens is 1. The van der Waals surface area contributed by atoms with E-state index in [2.05, 4.69) is 21.0 Å². The first-order valence-electron chi connectivity index (χ1n) is 9.97. The third-order valence-electron chi connectivity index (χ3n) is 6.12. The molecule has 1 aromatic carbocycles. The summed E-state index contributed by atoms with van der Waals surface area (Å²) in [5, 5.41) is 15.2. The zero-order valence-corrected chi connectivity index (χ0v) is 18.7. The van der Waals surface area contributed by atoms with E-state index >= 15 is 0 Å². The van der Waals surface area contributed by atoms with Crippen LogP contribution in [0.3, 0.4) is 0 Å². The molecule has 3 rings (SSSR count). The number of nitrogens with zero attached hydrogens (tertiary/aromatic N) is 3. The van der Waals surface area contributed by atoms with Crippen molar-refractivity contribution in [2.24, 2.45) is 5.41 Å². The fourth-order valence-electron chi connectivity index (χ4n) is 3.84. The minimum Gasteiger partial charge on any atom is -0.391 e. The standard InChI is InChI=1S/C20H26FN5O4S/c1-12-5-6-15(21)16(13(12)2)14(3)17(18-23-24-19(27)30-18)25-31(28,29)26-9-7-20(4,11-22)8-10-26/h5-6,14,17,25H,7-10H2,1-4H3,(H,24,27)/t14-,17-/m0/s1. The monoisotopic (exact) mass is 451 g/mol. The Hall–Kier alpha value is -2.55. The Labute approximate surface area is 180 Å². The van der Waals surface area contributed by atoms with Gasteiger partial charge in [0, 0.05) is 19.0 Å². The van der Waals surface area contributed by atoms with E-state index in [9.17, 15) is 22.9 Å². The summed E-state index contributed by atoms with van der Waals surface area (Å²) in [5.74, 6) is -2.23. The van der Waals surface area contributed by atoms with E-state index in [4.69, 9.17) is 4.42 Å². The number of aromatic nitrogens is 2. The van der Waals surface area contributed by atoms with Gasteiger partial charge in [-0.05, 0) is 56.4 Å². The van der Waals surface area contributed by atoms with Gasteiger partial charge in [0.1, 0.15) is 11.9 Å². The molecule has 31 heavy (non-hydrogen) atoms. The fourth-order valence-corrected chi connectivity index (χ4v) is 5.28. The lowest BCUT2D eigenvalue weighted by Crippen LogP contribution is -2.48. The summed E-state index contributed by atoms with van der Waals surface area (Å²) in [4.78, 5) is 11.5. The van der Waals surface area contributed by atoms with Crippen molar-refractivity contribution in [2.45, 2.75) is 52.5 Å². The Balaban J connectivity index is 1.95. The molecule has 0 bridgehead atoms. The molecule has 1 fully saturated rings. The summed E-state index contributed by atoms with van der Waals surface area (Å²) < 4.78 is 49.8. The minimum atomic E-state index is -4.03. The highest BCUT2D eigenvalue weighted by atomic mass is 32.2. The average Bonchev–Trinajstić information content (AvgIpc) is 3.15. The fraction of sp³-hybridized carbons (Fsp3) is 0.550. The normalized spacial score (nSPS) is 19.0. The highest BCUT2D eigenvalue weighted by molar-refractivity contribution is 7.87. The molecule has 0 aliphatic carbocycles. The quantitative estimate of drug-likeness (QED) is 0.693. The predicted molar refractivity (Wildman–Crippen MR) is 111 cm³/mol. The topological polar surface area (TPSA) is 132 Å². The van der Waals surface area contributed by atoms with Crippen LogP contribution in [0.15, 0.2) is 21.3 Å². The molecule has 1 saturated heterocycles. The third kappa shape index (κ3) is 4.71. The SMILES string of the molecule is Cc1ccc(F)c([C@H](C)[C@H](NS(=O)(=O)N2CCC(C)(C#N)CC2)c2n[nH]c(=O)o2)c1C. The third-order valence-corrected chi connectivity index (χ3v) is 7.72. The molecule has 1 aromatic heterocycles. The molecule has 11 heteroatoms. The van der Waals surface area contributed by atoms with Gasteiger partial charge in [-0.15, -0.1) is 5.10 Å². The number of rotatable bonds is 6. The van der Waals surface area contributed by atoms with Crippen molar-refractivity contribution >= 4 is 10.2 Å². The smallest absolute Gasteiger partial charge is 0.391 e. The van der Waals surface area contributed by atoms with Crippen LogP contribution in [0.5, 0.6) is 0 Å². The lowest BCUT2D eigenvalue weighted by molar-refractivity contribution is 0.228. The van der Waals surface area contributed by atoms with E-state index in [1.807, 2.05) is 6.92 Å². The Morgan fingerprint density at radius 2 is 2.00 bits per heavy atom. The van der Waals surface area contributed by atoms with E-state index in [-0.39, 0.29) is 19.0 Å². The maximum absolute atomic E-state index is 14.7. The van der Waals surface area contributed by atoms with Crippen molar-refractivity contribution in [1.82, 2.24) is 19.2 Å². The van der Waals surface area contributed by atoms with Gasteiger partial charge in [-0.3, -0.25) is 0 Å². The molecular weight excluding hydrogens is 425 g/mol. The maximum Gasteiger partial charge on any atom is 0.434 e. The average molecular weight is 452 g/mol. The van der Waals surface area contributed by atoms with Gasteiger partial charge < -0.3 is 4.42 Å². The molecule has 1 aliphatic heterocycles. The van der Waals surface area contributed by atoms with Crippen LogP contribution >= 0.6 is 0 Å². The molecule has 2 atom stereocenters. The van der Waals surface area contributed by atoms with Crippen LogP contribution in [0.2, 0.25) is 0 Å². The highest BCUT2D eigenvalue weighted by Gasteiger charge is 2.38. The van der Waals surface area contributed by atoms with Crippen molar-refractivity contribution < 1.29 is 17.2 Å². The second-order valence-electron chi connectivity index (χ2n) is 8.32. The van der Waals surface area contributed by atoms with Gasteiger partial charge in [0.2, 0.25) is 5.89 Å². The Morgan fingerprint density at radius 3 is 2.55 bits per heavy atom. The molecular formula is C20H26FN5O4S. The van der Waals surface area contributed by atoms with Gasteiger partial charge in [-0.2, -0.15) is 22.7 Å². The van der Waals surface area contributed by atoms with Crippen molar-refractivity contribution in [2.75, 3.05) is 13.1 Å². The largest absolute Gasteiger partial charge is 0.434 e. The molecule has 168 valence electrons. The lowest BCUT2D eigenvalue weighted by Gasteiger charge is -2.35. The maximum atomic E-state index is 14.7. The number of aromatic amines is 1. The number of hydrogen-bond donors (Lipinski definition) is 2. The first-order valence-corrected chi connectivity index (χ1v) is 11.4. The highest BCUT2D eigenvalue weighted by Crippen LogP contribution is 2.36. The van der Waals surface area contributed by atoms with Gasteiger partial charge in [0.25, 0.3) is 10.2 Å². The summed E-state index contributed by atoms with van der Waals surface area (Å²) in [7, 11) is -4.03. The number of nitrogens with one attached hydrogen (secondary N) is 2. The van der Waals surface area contributed by atoms with Crippen LogP contribution in [0, 0.1) is 36.4 Å². The molecule has 0 unspecified atom stereocenters. The van der Waals surface area contributed by atoms with Crippen LogP contribution in [0.4, 0.5) is 4.39 Å². The van der Waals surface area contributed by atoms with E-state index < -0.39 is 39.2 Å². The van der Waals surface area contributed by atoms with Gasteiger partial charge in [0.15, 0.2) is 0 Å². The minimum absolute atomic E-state index is 0.169. The molecule has 2 aromatic rings. The summed E-state index contributed by atoms with van der Waals surface area (Å²) in [6.45, 7) is 7.38. The van der Waals surface area contributed by atoms with Crippen LogP contribution in [-0.4, -0.2) is 36.0 Å². The lowest BCUT2D eigenvalue weighted by atomic mass is 9.83. The van der Waals surface area contributed by atoms with E-state index in [1.165, 1.54) is 10.4 Å². The molecule has 0 amide bonds. The summed E-state index contributed by atoms with van der Waals surface area (Å²) in [5.41, 5.74) is 1.27. The second-order valence-corrected chi connectivity index (χ2v) is 10.0. The zero-order valence-electron chi connectivity index (χ0n) is 17.9. The zero-order chi connectivity index (χ0) is 23.0. The van der Waals surface area contributed by atoms with Crippen LogP contribution < -0.4 is 10.5 Å². The van der Waals surface area contributed by atoms with Gasteiger partial charge in [-0.1, -0.05) is 13.0 Å². The second kappa shape index (κ2) is 8.53. The van der Waals surface area contributed by atoms with Crippen molar-refractivity contribution in [3.05, 3.63) is 51.1 Å². The molecule has 9 nitrogen and oxygen atoms in total. The van der Waals surface area contributed by atoms with Crippen molar-refractivity contribution in [3.63, 3.8) is 0 Å². The number of aryl methyl sites for hydroxylation is 1. The van der Waals surface area contributed by atoms with E-state index in [0.29, 0.717) is 24.0 Å². The van der Waals surface area contributed by atoms with Crippen LogP contribution in [-0.2, 0) is 10.2 Å². The molecule has 2 N–H and O–H groups in total. The van der Waals surface area contributed by atoms with Crippen LogP contribution in [0.25, 0.3) is 0 Å². The van der Waals surface area contributed by atoms with Crippen LogP contribution in [0.1, 0.15) is 61.2 Å². The van der Waals surface area contributed by atoms with Gasteiger partial charge >= 0.3 is 5.76 Å². The molecule has 0 spiro atoms. The predicted octanol–water partition coefficient (Wildman–Crippen LogP) is 2.42. The Bertz CT molecular complexity index is 1160. The number of benzene rings is 1. The Kier molecular flexibility index (Phi) is 6.36. The van der Waals surface area contributed by atoms with E-state index in [0.717, 1.165) is 5.56 Å². The van der Waals surface area contributed by atoms with Gasteiger partial charge in [0.05, 0.1) is 11.5 Å². The molecule has 2 heterocycles. The number of piperidine rings is 1. The van der Waals surface area contributed by atoms with E-state index in [1.54, 1.807) is 26.8 Å². The number of halogens is 1. The molecule has 1 aliphatic rings.